The molecular formula is C12H22F3NO3. The predicted octanol–water partition coefficient (Wildman–Crippen LogP) is 1.47. The van der Waals surface area contributed by atoms with Crippen LogP contribution in [0.25, 0.3) is 0 Å². The highest BCUT2D eigenvalue weighted by Gasteiger charge is 2.25. The molecule has 0 aromatic carbocycles. The first-order chi connectivity index (χ1) is 8.97. The zero-order chi connectivity index (χ0) is 14.1. The Morgan fingerprint density at radius 2 is 2.21 bits per heavy atom. The zero-order valence-corrected chi connectivity index (χ0v) is 10.9. The summed E-state index contributed by atoms with van der Waals surface area (Å²) in [5.41, 5.74) is 0. The fraction of sp³-hybridized carbons (Fsp3) is 1.00. The summed E-state index contributed by atoms with van der Waals surface area (Å²) in [5, 5.41) is 12.3. The van der Waals surface area contributed by atoms with Gasteiger partial charge < -0.3 is 19.9 Å². The van der Waals surface area contributed by atoms with Gasteiger partial charge in [0.1, 0.15) is 0 Å². The van der Waals surface area contributed by atoms with E-state index < -0.39 is 18.7 Å². The van der Waals surface area contributed by atoms with E-state index in [1.807, 2.05) is 0 Å². The van der Waals surface area contributed by atoms with Gasteiger partial charge in [0, 0.05) is 19.6 Å². The molecule has 114 valence electrons. The number of nitrogens with one attached hydrogen (secondary N) is 1. The summed E-state index contributed by atoms with van der Waals surface area (Å²) in [6.45, 7) is 1.88. The van der Waals surface area contributed by atoms with Gasteiger partial charge in [-0.05, 0) is 25.8 Å². The molecule has 0 aromatic rings. The highest BCUT2D eigenvalue weighted by atomic mass is 19.4. The maximum absolute atomic E-state index is 11.8. The molecular weight excluding hydrogens is 263 g/mol. The summed E-state index contributed by atoms with van der Waals surface area (Å²) in [7, 11) is 0. The van der Waals surface area contributed by atoms with Gasteiger partial charge in [0.2, 0.25) is 0 Å². The Balaban J connectivity index is 1.88. The third-order valence-corrected chi connectivity index (χ3v) is 2.83. The van der Waals surface area contributed by atoms with Crippen molar-refractivity contribution in [1.82, 2.24) is 5.32 Å². The van der Waals surface area contributed by atoms with Crippen molar-refractivity contribution in [2.45, 2.75) is 44.1 Å². The molecule has 19 heavy (non-hydrogen) atoms. The Morgan fingerprint density at radius 1 is 1.42 bits per heavy atom. The summed E-state index contributed by atoms with van der Waals surface area (Å²) in [6.07, 6.45) is -3.45. The molecule has 1 fully saturated rings. The smallest absolute Gasteiger partial charge is 0.389 e. The minimum Gasteiger partial charge on any atom is -0.389 e. The quantitative estimate of drug-likeness (QED) is 0.630. The number of ether oxygens (including phenoxy) is 2. The SMILES string of the molecule is OC(CNCCCC(F)(F)F)COCC1CCCO1. The summed E-state index contributed by atoms with van der Waals surface area (Å²) in [6, 6.07) is 0. The van der Waals surface area contributed by atoms with Crippen LogP contribution in [0.4, 0.5) is 13.2 Å². The number of hydrogen-bond acceptors (Lipinski definition) is 4. The fourth-order valence-corrected chi connectivity index (χ4v) is 1.85. The van der Waals surface area contributed by atoms with Crippen LogP contribution in [0.15, 0.2) is 0 Å². The van der Waals surface area contributed by atoms with E-state index >= 15 is 0 Å². The second-order valence-electron chi connectivity index (χ2n) is 4.75. The molecule has 2 N–H and O–H groups in total. The van der Waals surface area contributed by atoms with Gasteiger partial charge in [-0.25, -0.2) is 0 Å². The molecule has 4 nitrogen and oxygen atoms in total. The summed E-state index contributed by atoms with van der Waals surface area (Å²) < 4.78 is 46.2. The van der Waals surface area contributed by atoms with E-state index in [1.54, 1.807) is 0 Å². The Bertz CT molecular complexity index is 233. The van der Waals surface area contributed by atoms with Crippen LogP contribution in [0, 0.1) is 0 Å². The Hall–Kier alpha value is -0.370. The van der Waals surface area contributed by atoms with Gasteiger partial charge in [-0.3, -0.25) is 0 Å². The maximum Gasteiger partial charge on any atom is 0.389 e. The van der Waals surface area contributed by atoms with Gasteiger partial charge in [-0.1, -0.05) is 0 Å². The largest absolute Gasteiger partial charge is 0.389 e. The van der Waals surface area contributed by atoms with E-state index in [0.29, 0.717) is 6.61 Å². The van der Waals surface area contributed by atoms with Crippen LogP contribution in [0.3, 0.4) is 0 Å². The standard InChI is InChI=1S/C12H22F3NO3/c13-12(14,15)4-2-5-16-7-10(17)8-18-9-11-3-1-6-19-11/h10-11,16-17H,1-9H2. The predicted molar refractivity (Wildman–Crippen MR) is 64.0 cm³/mol. The molecule has 1 heterocycles. The normalized spacial score (nSPS) is 21.8. The summed E-state index contributed by atoms with van der Waals surface area (Å²) in [4.78, 5) is 0. The average molecular weight is 285 g/mol. The molecule has 1 aliphatic rings. The molecule has 0 aromatic heterocycles. The van der Waals surface area contributed by atoms with Crippen LogP contribution >= 0.6 is 0 Å². The van der Waals surface area contributed by atoms with Crippen molar-refractivity contribution >= 4 is 0 Å². The summed E-state index contributed by atoms with van der Waals surface area (Å²) >= 11 is 0. The lowest BCUT2D eigenvalue weighted by atomic mass is 10.2. The Labute approximate surface area is 111 Å². The van der Waals surface area contributed by atoms with Gasteiger partial charge in [-0.15, -0.1) is 0 Å². The Kier molecular flexibility index (Phi) is 7.67. The molecule has 0 aliphatic carbocycles. The molecule has 0 saturated carbocycles. The minimum atomic E-state index is -4.11. The lowest BCUT2D eigenvalue weighted by molar-refractivity contribution is -0.135. The van der Waals surface area contributed by atoms with Crippen molar-refractivity contribution in [2.24, 2.45) is 0 Å². The van der Waals surface area contributed by atoms with E-state index in [4.69, 9.17) is 9.47 Å². The monoisotopic (exact) mass is 285 g/mol. The first-order valence-electron chi connectivity index (χ1n) is 6.62. The van der Waals surface area contributed by atoms with Crippen LogP contribution in [0.2, 0.25) is 0 Å². The number of aliphatic hydroxyl groups excluding tert-OH is 1. The number of alkyl halides is 3. The van der Waals surface area contributed by atoms with Gasteiger partial charge in [0.15, 0.2) is 0 Å². The second kappa shape index (κ2) is 8.73. The van der Waals surface area contributed by atoms with Crippen LogP contribution in [0.1, 0.15) is 25.7 Å². The van der Waals surface area contributed by atoms with Crippen molar-refractivity contribution in [3.63, 3.8) is 0 Å². The molecule has 7 heteroatoms. The van der Waals surface area contributed by atoms with Crippen LogP contribution < -0.4 is 5.32 Å². The molecule has 1 saturated heterocycles. The van der Waals surface area contributed by atoms with E-state index in [-0.39, 0.29) is 32.2 Å². The van der Waals surface area contributed by atoms with E-state index in [9.17, 15) is 18.3 Å². The first kappa shape index (κ1) is 16.7. The highest BCUT2D eigenvalue weighted by Crippen LogP contribution is 2.20. The van der Waals surface area contributed by atoms with Crippen molar-refractivity contribution in [2.75, 3.05) is 32.9 Å². The zero-order valence-electron chi connectivity index (χ0n) is 10.9. The van der Waals surface area contributed by atoms with E-state index in [2.05, 4.69) is 5.32 Å². The number of hydrogen-bond donors (Lipinski definition) is 2. The van der Waals surface area contributed by atoms with E-state index in [1.165, 1.54) is 0 Å². The minimum absolute atomic E-state index is 0.0208. The molecule has 1 rings (SSSR count). The van der Waals surface area contributed by atoms with Crippen LogP contribution in [-0.4, -0.2) is 56.4 Å². The topological polar surface area (TPSA) is 50.7 Å². The summed E-state index contributed by atoms with van der Waals surface area (Å²) in [5.74, 6) is 0. The van der Waals surface area contributed by atoms with Gasteiger partial charge in [-0.2, -0.15) is 13.2 Å². The highest BCUT2D eigenvalue weighted by molar-refractivity contribution is 4.65. The Morgan fingerprint density at radius 3 is 2.84 bits per heavy atom. The number of aliphatic hydroxyl groups is 1. The molecule has 2 unspecified atom stereocenters. The van der Waals surface area contributed by atoms with Gasteiger partial charge >= 0.3 is 6.18 Å². The van der Waals surface area contributed by atoms with Crippen molar-refractivity contribution in [1.29, 1.82) is 0 Å². The van der Waals surface area contributed by atoms with E-state index in [0.717, 1.165) is 19.4 Å². The molecule has 2 atom stereocenters. The third-order valence-electron chi connectivity index (χ3n) is 2.83. The molecule has 1 aliphatic heterocycles. The van der Waals surface area contributed by atoms with Gasteiger partial charge in [0.25, 0.3) is 0 Å². The maximum atomic E-state index is 11.8. The van der Waals surface area contributed by atoms with Crippen LogP contribution in [-0.2, 0) is 9.47 Å². The number of rotatable bonds is 9. The molecule has 0 spiro atoms. The third kappa shape index (κ3) is 9.21. The first-order valence-corrected chi connectivity index (χ1v) is 6.62. The molecule has 0 radical (unpaired) electrons. The van der Waals surface area contributed by atoms with Crippen molar-refractivity contribution < 1.29 is 27.8 Å². The average Bonchev–Trinajstić information content (AvgIpc) is 2.80. The van der Waals surface area contributed by atoms with Crippen molar-refractivity contribution in [3.05, 3.63) is 0 Å². The molecule has 0 bridgehead atoms. The lowest BCUT2D eigenvalue weighted by Gasteiger charge is -2.14. The fourth-order valence-electron chi connectivity index (χ4n) is 1.85. The number of halogens is 3. The van der Waals surface area contributed by atoms with Crippen molar-refractivity contribution in [3.8, 4) is 0 Å². The van der Waals surface area contributed by atoms with Crippen LogP contribution in [0.5, 0.6) is 0 Å². The second-order valence-corrected chi connectivity index (χ2v) is 4.75. The lowest BCUT2D eigenvalue weighted by Crippen LogP contribution is -2.32. The van der Waals surface area contributed by atoms with Gasteiger partial charge in [0.05, 0.1) is 25.4 Å². The molecule has 0 amide bonds.